The van der Waals surface area contributed by atoms with Crippen LogP contribution in [0.2, 0.25) is 0 Å². The van der Waals surface area contributed by atoms with Crippen molar-refractivity contribution in [2.24, 2.45) is 0 Å². The number of nitrogens with zero attached hydrogens (tertiary/aromatic N) is 4. The molecule has 5 heterocycles. The van der Waals surface area contributed by atoms with Crippen molar-refractivity contribution in [3.05, 3.63) is 58.8 Å². The first-order valence-electron chi connectivity index (χ1n) is 9.74. The second-order valence-corrected chi connectivity index (χ2v) is 7.34. The summed E-state index contributed by atoms with van der Waals surface area (Å²) in [5.41, 5.74) is 1.76. The van der Waals surface area contributed by atoms with Gasteiger partial charge in [0, 0.05) is 36.4 Å². The number of aromatic nitrogens is 5. The van der Waals surface area contributed by atoms with Gasteiger partial charge in [0.2, 0.25) is 0 Å². The van der Waals surface area contributed by atoms with Gasteiger partial charge in [0.15, 0.2) is 17.3 Å². The molecular formula is C21H23FN6O. The summed E-state index contributed by atoms with van der Waals surface area (Å²) >= 11 is 0. The van der Waals surface area contributed by atoms with Gasteiger partial charge >= 0.3 is 0 Å². The van der Waals surface area contributed by atoms with Crippen molar-refractivity contribution in [3.8, 4) is 11.4 Å². The summed E-state index contributed by atoms with van der Waals surface area (Å²) in [5.74, 6) is -0.0922. The van der Waals surface area contributed by atoms with E-state index in [1.807, 2.05) is 0 Å². The van der Waals surface area contributed by atoms with Crippen LogP contribution in [-0.2, 0) is 0 Å². The van der Waals surface area contributed by atoms with E-state index in [1.165, 1.54) is 44.3 Å². The summed E-state index contributed by atoms with van der Waals surface area (Å²) in [4.78, 5) is 26.8. The molecule has 0 aliphatic carbocycles. The van der Waals surface area contributed by atoms with Gasteiger partial charge in [-0.1, -0.05) is 6.42 Å². The molecule has 0 bridgehead atoms. The first-order valence-corrected chi connectivity index (χ1v) is 9.74. The molecule has 1 saturated heterocycles. The van der Waals surface area contributed by atoms with Crippen LogP contribution in [0.3, 0.4) is 0 Å². The van der Waals surface area contributed by atoms with Gasteiger partial charge in [-0.2, -0.15) is 0 Å². The number of nitrogens with one attached hydrogen (secondary N) is 2. The Bertz CT molecular complexity index is 1210. The molecular weight excluding hydrogens is 371 g/mol. The van der Waals surface area contributed by atoms with Crippen LogP contribution in [0, 0.1) is 12.7 Å². The van der Waals surface area contributed by atoms with E-state index < -0.39 is 5.82 Å². The van der Waals surface area contributed by atoms with Gasteiger partial charge in [-0.15, -0.1) is 0 Å². The lowest BCUT2D eigenvalue weighted by Crippen LogP contribution is -2.30. The van der Waals surface area contributed by atoms with Crippen LogP contribution in [0.15, 0.2) is 41.7 Å². The number of imidazole rings is 1. The summed E-state index contributed by atoms with van der Waals surface area (Å²) in [5, 5.41) is 3.78. The van der Waals surface area contributed by atoms with E-state index in [1.54, 1.807) is 29.8 Å². The molecule has 1 aliphatic rings. The molecule has 5 rings (SSSR count). The molecule has 4 aromatic rings. The number of piperidine rings is 1. The average Bonchev–Trinajstić information content (AvgIpc) is 3.10. The first-order chi connectivity index (χ1) is 14.0. The average molecular weight is 394 g/mol. The topological polar surface area (TPSA) is 88.0 Å². The molecule has 1 atom stereocenters. The van der Waals surface area contributed by atoms with Crippen LogP contribution >= 0.6 is 0 Å². The number of fused-ring (bicyclic) bond motifs is 2. The standard InChI is InChI=1S/C15H10FN5O.C6H13N/c1-8-6-21-7-9(4-11(16)14(21)19-8)13-18-5-10-12(20-13)2-3-17-15(10)22;1-6-4-2-3-5-7-6/h2-7H,1H3,(H,17,22);6-7H,2-5H2,1H3. The van der Waals surface area contributed by atoms with Crippen LogP contribution in [0.25, 0.3) is 27.9 Å². The maximum atomic E-state index is 14.1. The van der Waals surface area contributed by atoms with Crippen molar-refractivity contribution in [1.29, 1.82) is 0 Å². The molecule has 0 saturated carbocycles. The van der Waals surface area contributed by atoms with Gasteiger partial charge in [0.25, 0.3) is 5.56 Å². The Kier molecular flexibility index (Phi) is 5.35. The van der Waals surface area contributed by atoms with Crippen LogP contribution in [0.1, 0.15) is 31.9 Å². The van der Waals surface area contributed by atoms with Crippen molar-refractivity contribution < 1.29 is 4.39 Å². The van der Waals surface area contributed by atoms with Gasteiger partial charge in [0.1, 0.15) is 0 Å². The molecule has 150 valence electrons. The van der Waals surface area contributed by atoms with Gasteiger partial charge in [-0.25, -0.2) is 19.3 Å². The lowest BCUT2D eigenvalue weighted by molar-refractivity contribution is 0.425. The van der Waals surface area contributed by atoms with Crippen molar-refractivity contribution in [2.45, 2.75) is 39.2 Å². The quantitative estimate of drug-likeness (QED) is 0.518. The van der Waals surface area contributed by atoms with Crippen molar-refractivity contribution in [3.63, 3.8) is 0 Å². The Morgan fingerprint density at radius 2 is 2.10 bits per heavy atom. The third kappa shape index (κ3) is 4.17. The molecule has 4 aromatic heterocycles. The summed E-state index contributed by atoms with van der Waals surface area (Å²) in [6.07, 6.45) is 10.6. The van der Waals surface area contributed by atoms with E-state index >= 15 is 0 Å². The summed E-state index contributed by atoms with van der Waals surface area (Å²) in [7, 11) is 0. The maximum absolute atomic E-state index is 14.1. The maximum Gasteiger partial charge on any atom is 0.258 e. The third-order valence-corrected chi connectivity index (χ3v) is 4.96. The number of halogens is 1. The second kappa shape index (κ2) is 8.08. The molecule has 0 radical (unpaired) electrons. The van der Waals surface area contributed by atoms with Crippen LogP contribution in [0.5, 0.6) is 0 Å². The summed E-state index contributed by atoms with van der Waals surface area (Å²) < 4.78 is 15.7. The van der Waals surface area contributed by atoms with Gasteiger partial charge < -0.3 is 14.7 Å². The fourth-order valence-corrected chi connectivity index (χ4v) is 3.44. The monoisotopic (exact) mass is 394 g/mol. The number of rotatable bonds is 1. The molecule has 0 aromatic carbocycles. The molecule has 2 N–H and O–H groups in total. The van der Waals surface area contributed by atoms with Crippen molar-refractivity contribution >= 4 is 16.6 Å². The van der Waals surface area contributed by atoms with Crippen LogP contribution in [-0.4, -0.2) is 36.9 Å². The lowest BCUT2D eigenvalue weighted by atomic mass is 10.1. The highest BCUT2D eigenvalue weighted by Gasteiger charge is 2.11. The summed E-state index contributed by atoms with van der Waals surface area (Å²) in [6.45, 7) is 5.28. The minimum atomic E-state index is -0.444. The van der Waals surface area contributed by atoms with E-state index in [4.69, 9.17) is 0 Å². The van der Waals surface area contributed by atoms with E-state index in [9.17, 15) is 9.18 Å². The number of aryl methyl sites for hydroxylation is 1. The molecule has 29 heavy (non-hydrogen) atoms. The molecule has 1 fully saturated rings. The highest BCUT2D eigenvalue weighted by atomic mass is 19.1. The highest BCUT2D eigenvalue weighted by molar-refractivity contribution is 5.78. The Hall–Kier alpha value is -3.13. The molecule has 1 aliphatic heterocycles. The predicted molar refractivity (Wildman–Crippen MR) is 110 cm³/mol. The number of pyridine rings is 2. The molecule has 0 amide bonds. The van der Waals surface area contributed by atoms with Crippen LogP contribution < -0.4 is 10.9 Å². The van der Waals surface area contributed by atoms with E-state index in [2.05, 4.69) is 32.2 Å². The fourth-order valence-electron chi connectivity index (χ4n) is 3.44. The lowest BCUT2D eigenvalue weighted by Gasteiger charge is -2.18. The fraction of sp³-hybridized carbons (Fsp3) is 0.333. The number of hydrogen-bond donors (Lipinski definition) is 2. The minimum Gasteiger partial charge on any atom is -0.328 e. The van der Waals surface area contributed by atoms with Gasteiger partial charge in [-0.05, 0) is 45.4 Å². The van der Waals surface area contributed by atoms with E-state index in [-0.39, 0.29) is 11.2 Å². The minimum absolute atomic E-state index is 0.254. The SMILES string of the molecule is CC1CCCCN1.Cc1cn2cc(-c3ncc4c(=O)[nH]ccc4n3)cc(F)c2n1. The Labute approximate surface area is 167 Å². The zero-order valence-corrected chi connectivity index (χ0v) is 16.4. The number of aromatic amines is 1. The molecule has 7 nitrogen and oxygen atoms in total. The smallest absolute Gasteiger partial charge is 0.258 e. The Morgan fingerprint density at radius 3 is 2.83 bits per heavy atom. The molecule has 8 heteroatoms. The predicted octanol–water partition coefficient (Wildman–Crippen LogP) is 3.23. The zero-order valence-electron chi connectivity index (χ0n) is 16.4. The Morgan fingerprint density at radius 1 is 1.24 bits per heavy atom. The van der Waals surface area contributed by atoms with Crippen LogP contribution in [0.4, 0.5) is 4.39 Å². The van der Waals surface area contributed by atoms with E-state index in [0.717, 1.165) is 11.7 Å². The normalized spacial score (nSPS) is 16.6. The third-order valence-electron chi connectivity index (χ3n) is 4.96. The molecule has 1 unspecified atom stereocenters. The molecule has 0 spiro atoms. The second-order valence-electron chi connectivity index (χ2n) is 7.34. The highest BCUT2D eigenvalue weighted by Crippen LogP contribution is 2.20. The van der Waals surface area contributed by atoms with Gasteiger partial charge in [-0.3, -0.25) is 4.79 Å². The van der Waals surface area contributed by atoms with E-state index in [0.29, 0.717) is 22.3 Å². The zero-order chi connectivity index (χ0) is 20.4. The Balaban J connectivity index is 0.000000249. The largest absolute Gasteiger partial charge is 0.328 e. The first kappa shape index (κ1) is 19.2. The van der Waals surface area contributed by atoms with Crippen molar-refractivity contribution in [1.82, 2.24) is 29.7 Å². The summed E-state index contributed by atoms with van der Waals surface area (Å²) in [6, 6.07) is 3.81. The number of H-pyrrole nitrogens is 1. The van der Waals surface area contributed by atoms with Crippen molar-refractivity contribution in [2.75, 3.05) is 6.54 Å². The van der Waals surface area contributed by atoms with Gasteiger partial charge in [0.05, 0.1) is 16.6 Å². The number of hydrogen-bond acceptors (Lipinski definition) is 5.